The molecule has 0 radical (unpaired) electrons. The molecule has 1 heterocycles. The van der Waals surface area contributed by atoms with Crippen molar-refractivity contribution in [3.8, 4) is 0 Å². The smallest absolute Gasteiger partial charge is 0.369 e. The molecule has 0 aromatic heterocycles. The lowest BCUT2D eigenvalue weighted by molar-refractivity contribution is -0.384. The number of alkyl halides is 3. The Morgan fingerprint density at radius 2 is 1.71 bits per heavy atom. The predicted molar refractivity (Wildman–Crippen MR) is 111 cm³/mol. The minimum absolute atomic E-state index is 0.144. The lowest BCUT2D eigenvalue weighted by Gasteiger charge is -2.18. The van der Waals surface area contributed by atoms with Gasteiger partial charge in [0.25, 0.3) is 5.69 Å². The van der Waals surface area contributed by atoms with E-state index in [1.807, 2.05) is 0 Å². The van der Waals surface area contributed by atoms with Crippen molar-refractivity contribution >= 4 is 28.3 Å². The Labute approximate surface area is 174 Å². The van der Waals surface area contributed by atoms with Gasteiger partial charge in [-0.1, -0.05) is 30.3 Å². The van der Waals surface area contributed by atoms with Crippen LogP contribution in [0.1, 0.15) is 16.7 Å². The van der Waals surface area contributed by atoms with Crippen molar-refractivity contribution in [3.05, 3.63) is 99.6 Å². The topological polar surface area (TPSA) is 87.4 Å². The van der Waals surface area contributed by atoms with Crippen molar-refractivity contribution in [1.82, 2.24) is 0 Å². The van der Waals surface area contributed by atoms with E-state index in [1.165, 1.54) is 30.3 Å². The first-order chi connectivity index (χ1) is 14.7. The number of fused-ring (bicyclic) bond motifs is 1. The largest absolute Gasteiger partial charge is 0.416 e. The molecule has 1 unspecified atom stereocenters. The van der Waals surface area contributed by atoms with Crippen LogP contribution in [0.3, 0.4) is 0 Å². The molecule has 0 saturated heterocycles. The van der Waals surface area contributed by atoms with Gasteiger partial charge in [-0.15, -0.1) is 0 Å². The number of hydrogen-bond acceptors (Lipinski definition) is 5. The Bertz CT molecular complexity index is 1160. The van der Waals surface area contributed by atoms with Crippen molar-refractivity contribution in [3.63, 3.8) is 0 Å². The number of nitrogens with one attached hydrogen (secondary N) is 2. The molecule has 0 amide bonds. The number of nitro groups is 1. The summed E-state index contributed by atoms with van der Waals surface area (Å²) in [5, 5.41) is 27.8. The maximum absolute atomic E-state index is 12.9. The second-order valence-electron chi connectivity index (χ2n) is 6.89. The summed E-state index contributed by atoms with van der Waals surface area (Å²) < 4.78 is 38.7. The van der Waals surface area contributed by atoms with Gasteiger partial charge in [0.2, 0.25) is 0 Å². The first-order valence-corrected chi connectivity index (χ1v) is 9.21. The van der Waals surface area contributed by atoms with E-state index in [4.69, 9.17) is 0 Å². The molecule has 3 N–H and O–H groups in total. The normalized spacial score (nSPS) is 17.0. The zero-order valence-electron chi connectivity index (χ0n) is 15.9. The zero-order chi connectivity index (χ0) is 22.2. The average Bonchev–Trinajstić information content (AvgIpc) is 3.07. The van der Waals surface area contributed by atoms with Crippen molar-refractivity contribution in [2.75, 3.05) is 10.6 Å². The maximum Gasteiger partial charge on any atom is 0.416 e. The number of non-ortho nitro benzene ring substituents is 1. The standard InChI is InChI=1S/C22H16F3N3O3/c23-22(24,25)14-6-8-15(9-7-14)26-20(13-4-2-1-3-5-13)19-17-12-16(28(30)31)10-11-18(17)27-21(19)29/h1-12,21,26-27,29H/b20-19-. The van der Waals surface area contributed by atoms with Gasteiger partial charge >= 0.3 is 6.18 Å². The molecule has 9 heteroatoms. The van der Waals surface area contributed by atoms with Gasteiger partial charge in [-0.25, -0.2) is 0 Å². The molecule has 1 aliphatic rings. The number of benzene rings is 3. The van der Waals surface area contributed by atoms with E-state index in [1.54, 1.807) is 30.3 Å². The fourth-order valence-corrected chi connectivity index (χ4v) is 3.42. The first kappa shape index (κ1) is 20.4. The highest BCUT2D eigenvalue weighted by molar-refractivity contribution is 6.03. The molecule has 4 rings (SSSR count). The van der Waals surface area contributed by atoms with Crippen molar-refractivity contribution in [1.29, 1.82) is 0 Å². The molecule has 31 heavy (non-hydrogen) atoms. The summed E-state index contributed by atoms with van der Waals surface area (Å²) in [4.78, 5) is 10.7. The second kappa shape index (κ2) is 7.77. The predicted octanol–water partition coefficient (Wildman–Crippen LogP) is 5.34. The summed E-state index contributed by atoms with van der Waals surface area (Å²) in [6.07, 6.45) is -5.63. The van der Waals surface area contributed by atoms with Gasteiger partial charge in [0.15, 0.2) is 6.23 Å². The summed E-state index contributed by atoms with van der Waals surface area (Å²) in [5.74, 6) is 0. The van der Waals surface area contributed by atoms with Crippen LogP contribution in [0.5, 0.6) is 0 Å². The number of nitrogens with zero attached hydrogens (tertiary/aromatic N) is 1. The monoisotopic (exact) mass is 427 g/mol. The Kier molecular flexibility index (Phi) is 5.12. The molecule has 0 aliphatic carbocycles. The van der Waals surface area contributed by atoms with Crippen molar-refractivity contribution in [2.45, 2.75) is 12.4 Å². The molecule has 0 spiro atoms. The van der Waals surface area contributed by atoms with Crippen LogP contribution in [0.15, 0.2) is 72.8 Å². The molecule has 1 atom stereocenters. The Balaban J connectivity index is 1.84. The van der Waals surface area contributed by atoms with Gasteiger partial charge in [0.1, 0.15) is 0 Å². The highest BCUT2D eigenvalue weighted by Crippen LogP contribution is 2.41. The average molecular weight is 427 g/mol. The minimum atomic E-state index is -4.46. The first-order valence-electron chi connectivity index (χ1n) is 9.21. The van der Waals surface area contributed by atoms with E-state index >= 15 is 0 Å². The SMILES string of the molecule is O=[N+]([O-])c1ccc2c(c1)/C(=C(/Nc1ccc(C(F)(F)F)cc1)c1ccccc1)C(O)N2. The van der Waals surface area contributed by atoms with Crippen LogP contribution in [0, 0.1) is 10.1 Å². The molecule has 1 aliphatic heterocycles. The fraction of sp³-hybridized carbons (Fsp3) is 0.0909. The van der Waals surface area contributed by atoms with Gasteiger partial charge in [0, 0.05) is 34.6 Å². The number of hydrogen-bond donors (Lipinski definition) is 3. The van der Waals surface area contributed by atoms with Crippen LogP contribution in [0.2, 0.25) is 0 Å². The zero-order valence-corrected chi connectivity index (χ0v) is 15.9. The van der Waals surface area contributed by atoms with Gasteiger partial charge in [-0.05, 0) is 35.9 Å². The molecule has 0 saturated carbocycles. The third kappa shape index (κ3) is 4.08. The maximum atomic E-state index is 12.9. The summed E-state index contributed by atoms with van der Waals surface area (Å²) in [6, 6.07) is 17.5. The van der Waals surface area contributed by atoms with Crippen molar-refractivity contribution in [2.24, 2.45) is 0 Å². The van der Waals surface area contributed by atoms with Gasteiger partial charge in [0.05, 0.1) is 16.2 Å². The second-order valence-corrected chi connectivity index (χ2v) is 6.89. The van der Waals surface area contributed by atoms with Crippen LogP contribution < -0.4 is 10.6 Å². The molecule has 158 valence electrons. The van der Waals surface area contributed by atoms with E-state index in [-0.39, 0.29) is 5.69 Å². The minimum Gasteiger partial charge on any atom is -0.369 e. The van der Waals surface area contributed by atoms with Crippen LogP contribution in [0.4, 0.5) is 30.2 Å². The summed E-state index contributed by atoms with van der Waals surface area (Å²) >= 11 is 0. The molecule has 6 nitrogen and oxygen atoms in total. The lowest BCUT2D eigenvalue weighted by atomic mass is 9.99. The van der Waals surface area contributed by atoms with Crippen LogP contribution in [-0.4, -0.2) is 16.3 Å². The van der Waals surface area contributed by atoms with E-state index in [2.05, 4.69) is 10.6 Å². The fourth-order valence-electron chi connectivity index (χ4n) is 3.42. The summed E-state index contributed by atoms with van der Waals surface area (Å²) in [5.41, 5.74) is 1.80. The summed E-state index contributed by atoms with van der Waals surface area (Å²) in [6.45, 7) is 0. The highest BCUT2D eigenvalue weighted by atomic mass is 19.4. The molecule has 0 bridgehead atoms. The number of halogens is 3. The van der Waals surface area contributed by atoms with E-state index in [0.29, 0.717) is 33.8 Å². The number of aliphatic hydroxyl groups excluding tert-OH is 1. The number of nitro benzene ring substituents is 1. The van der Waals surface area contributed by atoms with E-state index in [9.17, 15) is 28.4 Å². The Morgan fingerprint density at radius 1 is 1.03 bits per heavy atom. The number of aliphatic hydroxyl groups is 1. The van der Waals surface area contributed by atoms with Gasteiger partial charge < -0.3 is 15.7 Å². The van der Waals surface area contributed by atoms with E-state index in [0.717, 1.165) is 12.1 Å². The highest BCUT2D eigenvalue weighted by Gasteiger charge is 2.31. The van der Waals surface area contributed by atoms with Crippen LogP contribution >= 0.6 is 0 Å². The van der Waals surface area contributed by atoms with E-state index < -0.39 is 22.9 Å². The third-order valence-corrected chi connectivity index (χ3v) is 4.88. The lowest BCUT2D eigenvalue weighted by Crippen LogP contribution is -2.16. The van der Waals surface area contributed by atoms with Gasteiger partial charge in [-0.2, -0.15) is 13.2 Å². The van der Waals surface area contributed by atoms with Gasteiger partial charge in [-0.3, -0.25) is 10.1 Å². The van der Waals surface area contributed by atoms with Crippen molar-refractivity contribution < 1.29 is 23.2 Å². The number of anilines is 2. The molecular formula is C22H16F3N3O3. The summed E-state index contributed by atoms with van der Waals surface area (Å²) in [7, 11) is 0. The quantitative estimate of drug-likeness (QED) is 0.387. The number of rotatable bonds is 4. The third-order valence-electron chi connectivity index (χ3n) is 4.88. The Morgan fingerprint density at radius 3 is 2.32 bits per heavy atom. The van der Waals surface area contributed by atoms with Crippen LogP contribution in [0.25, 0.3) is 11.3 Å². The molecule has 3 aromatic rings. The molecule has 3 aromatic carbocycles. The molecule has 0 fully saturated rings. The molecular weight excluding hydrogens is 411 g/mol. The Hall–Kier alpha value is -3.85. The van der Waals surface area contributed by atoms with Crippen LogP contribution in [-0.2, 0) is 6.18 Å².